The van der Waals surface area contributed by atoms with Crippen molar-refractivity contribution < 1.29 is 33.8 Å². The highest BCUT2D eigenvalue weighted by Crippen LogP contribution is 2.30. The van der Waals surface area contributed by atoms with Crippen LogP contribution in [0.4, 0.5) is 0 Å². The van der Waals surface area contributed by atoms with E-state index < -0.39 is 36.0 Å². The molecule has 3 fully saturated rings. The van der Waals surface area contributed by atoms with Crippen molar-refractivity contribution in [3.63, 3.8) is 0 Å². The van der Waals surface area contributed by atoms with E-state index in [4.69, 9.17) is 9.47 Å². The predicted molar refractivity (Wildman–Crippen MR) is 147 cm³/mol. The summed E-state index contributed by atoms with van der Waals surface area (Å²) in [6, 6.07) is 4.74. The fraction of sp³-hybridized carbons (Fsp3) is 0.667. The molecule has 2 saturated carbocycles. The van der Waals surface area contributed by atoms with Crippen molar-refractivity contribution >= 4 is 23.5 Å². The Balaban J connectivity index is 1.43. The number of hydrogen-bond donors (Lipinski definition) is 4. The maximum absolute atomic E-state index is 13.6. The van der Waals surface area contributed by atoms with Crippen molar-refractivity contribution in [1.82, 2.24) is 16.0 Å². The monoisotopic (exact) mass is 557 g/mol. The lowest BCUT2D eigenvalue weighted by molar-refractivity contribution is -0.134. The minimum atomic E-state index is -0.955. The summed E-state index contributed by atoms with van der Waals surface area (Å²) in [5.41, 5.74) is 0.808. The number of aliphatic hydroxyl groups excluding tert-OH is 1. The molecule has 1 aliphatic heterocycles. The molecule has 3 aliphatic rings. The van der Waals surface area contributed by atoms with E-state index in [0.717, 1.165) is 31.2 Å². The van der Waals surface area contributed by atoms with Gasteiger partial charge in [0.1, 0.15) is 23.9 Å². The van der Waals surface area contributed by atoms with Crippen LogP contribution in [0.1, 0.15) is 70.3 Å². The van der Waals surface area contributed by atoms with E-state index in [9.17, 15) is 24.3 Å². The van der Waals surface area contributed by atoms with Crippen molar-refractivity contribution in [2.24, 2.45) is 11.8 Å². The highest BCUT2D eigenvalue weighted by atomic mass is 16.6. The molecule has 1 aromatic rings. The molecule has 40 heavy (non-hydrogen) atoms. The number of Topliss-reactive ketones (excluding diaryl/α,β-unsaturated/α-hetero) is 1. The Morgan fingerprint density at radius 2 is 1.55 bits per heavy atom. The maximum Gasteiger partial charge on any atom is 0.243 e. The molecule has 2 aliphatic carbocycles. The van der Waals surface area contributed by atoms with Gasteiger partial charge in [0.05, 0.1) is 25.9 Å². The molecular formula is C30H43N3O7. The number of ketones is 1. The first-order chi connectivity index (χ1) is 19.2. The van der Waals surface area contributed by atoms with Gasteiger partial charge in [-0.3, -0.25) is 19.2 Å². The van der Waals surface area contributed by atoms with E-state index in [-0.39, 0.29) is 30.1 Å². The highest BCUT2D eigenvalue weighted by molar-refractivity contribution is 5.96. The number of carbonyl (C=O) groups is 4. The Kier molecular flexibility index (Phi) is 10.6. The predicted octanol–water partition coefficient (Wildman–Crippen LogP) is 1.81. The summed E-state index contributed by atoms with van der Waals surface area (Å²) in [5, 5.41) is 18.2. The standard InChI is InChI=1S/C30H43N3O7/c1-18(31-29(37)21-9-11-22(34)12-10-21)28(36)33-25(16-20-7-13-23(39-2)14-8-20)30(38)32-24(27(35)26-17-40-26)15-19-5-3-4-6-19/h7-8,13-14,18-19,21-22,24-26,34H,3-6,9-12,15-17H2,1-2H3,(H,31,37)(H,32,38)(H,33,36)/t18-,21-,22-,24+,25+,26-/m1/s1. The normalized spacial score (nSPS) is 24.8. The number of hydrogen-bond acceptors (Lipinski definition) is 7. The van der Waals surface area contributed by atoms with E-state index in [0.29, 0.717) is 50.4 Å². The van der Waals surface area contributed by atoms with Crippen LogP contribution in [0.5, 0.6) is 5.75 Å². The molecule has 0 bridgehead atoms. The topological polar surface area (TPSA) is 146 Å². The molecule has 1 saturated heterocycles. The number of methoxy groups -OCH3 is 1. The van der Waals surface area contributed by atoms with Gasteiger partial charge in [-0.15, -0.1) is 0 Å². The van der Waals surface area contributed by atoms with Crippen molar-refractivity contribution in [3.05, 3.63) is 29.8 Å². The minimum Gasteiger partial charge on any atom is -0.497 e. The summed E-state index contributed by atoms with van der Waals surface area (Å²) in [6.07, 6.45) is 6.52. The summed E-state index contributed by atoms with van der Waals surface area (Å²) < 4.78 is 10.5. The quantitative estimate of drug-likeness (QED) is 0.271. The van der Waals surface area contributed by atoms with Crippen LogP contribution >= 0.6 is 0 Å². The van der Waals surface area contributed by atoms with Crippen molar-refractivity contribution in [2.45, 2.75) is 101 Å². The second-order valence-electron chi connectivity index (χ2n) is 11.5. The van der Waals surface area contributed by atoms with Crippen molar-refractivity contribution in [1.29, 1.82) is 0 Å². The number of carbonyl (C=O) groups excluding carboxylic acids is 4. The number of benzene rings is 1. The van der Waals surface area contributed by atoms with E-state index >= 15 is 0 Å². The fourth-order valence-corrected chi connectivity index (χ4v) is 5.77. The highest BCUT2D eigenvalue weighted by Gasteiger charge is 2.39. The summed E-state index contributed by atoms with van der Waals surface area (Å²) in [7, 11) is 1.57. The molecule has 0 radical (unpaired) electrons. The molecule has 10 nitrogen and oxygen atoms in total. The third kappa shape index (κ3) is 8.51. The van der Waals surface area contributed by atoms with Gasteiger partial charge in [0.25, 0.3) is 0 Å². The van der Waals surface area contributed by atoms with Gasteiger partial charge in [0.2, 0.25) is 17.7 Å². The third-order valence-corrected chi connectivity index (χ3v) is 8.41. The van der Waals surface area contributed by atoms with E-state index in [1.165, 1.54) is 0 Å². The smallest absolute Gasteiger partial charge is 0.243 e. The van der Waals surface area contributed by atoms with Crippen LogP contribution in [0.3, 0.4) is 0 Å². The second-order valence-corrected chi connectivity index (χ2v) is 11.5. The zero-order valence-corrected chi connectivity index (χ0v) is 23.5. The number of aliphatic hydroxyl groups is 1. The van der Waals surface area contributed by atoms with Crippen LogP contribution in [0.25, 0.3) is 0 Å². The van der Waals surface area contributed by atoms with Crippen LogP contribution in [0, 0.1) is 11.8 Å². The van der Waals surface area contributed by atoms with Gasteiger partial charge in [0, 0.05) is 12.3 Å². The molecule has 4 rings (SSSR count). The fourth-order valence-electron chi connectivity index (χ4n) is 5.77. The molecule has 220 valence electrons. The van der Waals surface area contributed by atoms with Crippen LogP contribution in [-0.2, 0) is 30.3 Å². The number of amides is 3. The van der Waals surface area contributed by atoms with Crippen LogP contribution < -0.4 is 20.7 Å². The molecule has 0 spiro atoms. The lowest BCUT2D eigenvalue weighted by Gasteiger charge is -2.27. The van der Waals surface area contributed by atoms with Gasteiger partial charge in [0.15, 0.2) is 5.78 Å². The average molecular weight is 558 g/mol. The van der Waals surface area contributed by atoms with Gasteiger partial charge in [-0.05, 0) is 62.6 Å². The number of rotatable bonds is 13. The molecule has 3 amide bonds. The number of ether oxygens (including phenoxy) is 2. The first-order valence-corrected chi connectivity index (χ1v) is 14.6. The molecule has 4 atom stereocenters. The number of nitrogens with one attached hydrogen (secondary N) is 3. The molecule has 1 heterocycles. The van der Waals surface area contributed by atoms with E-state index in [1.54, 1.807) is 26.2 Å². The lowest BCUT2D eigenvalue weighted by Crippen LogP contribution is -2.56. The minimum absolute atomic E-state index is 0.118. The third-order valence-electron chi connectivity index (χ3n) is 8.41. The Hall–Kier alpha value is -2.98. The average Bonchev–Trinajstić information content (AvgIpc) is 3.68. The Bertz CT molecular complexity index is 1030. The van der Waals surface area contributed by atoms with Crippen molar-refractivity contribution in [2.75, 3.05) is 13.7 Å². The van der Waals surface area contributed by atoms with Gasteiger partial charge in [-0.2, -0.15) is 0 Å². The first kappa shape index (κ1) is 30.0. The zero-order chi connectivity index (χ0) is 28.6. The van der Waals surface area contributed by atoms with Crippen LogP contribution in [0.2, 0.25) is 0 Å². The molecule has 0 unspecified atom stereocenters. The summed E-state index contributed by atoms with van der Waals surface area (Å²) in [6.45, 7) is 1.96. The Morgan fingerprint density at radius 1 is 0.925 bits per heavy atom. The molecule has 0 aromatic heterocycles. The van der Waals surface area contributed by atoms with Gasteiger partial charge >= 0.3 is 0 Å². The molecular weight excluding hydrogens is 514 g/mol. The maximum atomic E-state index is 13.6. The molecule has 1 aromatic carbocycles. The summed E-state index contributed by atoms with van der Waals surface area (Å²) >= 11 is 0. The summed E-state index contributed by atoms with van der Waals surface area (Å²) in [5.74, 6) is -0.469. The molecule has 4 N–H and O–H groups in total. The number of epoxide rings is 1. The van der Waals surface area contributed by atoms with Crippen molar-refractivity contribution in [3.8, 4) is 5.75 Å². The van der Waals surface area contributed by atoms with Gasteiger partial charge in [-0.25, -0.2) is 0 Å². The van der Waals surface area contributed by atoms with E-state index in [2.05, 4.69) is 16.0 Å². The van der Waals surface area contributed by atoms with Gasteiger partial charge < -0.3 is 30.5 Å². The van der Waals surface area contributed by atoms with Crippen LogP contribution in [0.15, 0.2) is 24.3 Å². The largest absolute Gasteiger partial charge is 0.497 e. The lowest BCUT2D eigenvalue weighted by atomic mass is 9.87. The Morgan fingerprint density at radius 3 is 2.15 bits per heavy atom. The second kappa shape index (κ2) is 14.1. The first-order valence-electron chi connectivity index (χ1n) is 14.6. The van der Waals surface area contributed by atoms with E-state index in [1.807, 2.05) is 12.1 Å². The van der Waals surface area contributed by atoms with Gasteiger partial charge in [-0.1, -0.05) is 37.8 Å². The molecule has 10 heteroatoms. The van der Waals surface area contributed by atoms with Crippen LogP contribution in [-0.4, -0.2) is 72.7 Å². The zero-order valence-electron chi connectivity index (χ0n) is 23.5. The SMILES string of the molecule is COc1ccc(C[C@H](NC(=O)[C@@H](C)NC(=O)[C@H]2CC[C@H](O)CC2)C(=O)N[C@@H](CC2CCCC2)C(=O)[C@H]2CO2)cc1. The Labute approximate surface area is 235 Å². The summed E-state index contributed by atoms with van der Waals surface area (Å²) in [4.78, 5) is 52.5.